The van der Waals surface area contributed by atoms with Crippen molar-refractivity contribution in [3.63, 3.8) is 0 Å². The fraction of sp³-hybridized carbons (Fsp3) is 0.364. The summed E-state index contributed by atoms with van der Waals surface area (Å²) in [5, 5.41) is 7.96. The Labute approximate surface area is 114 Å². The molecule has 0 radical (unpaired) electrons. The van der Waals surface area contributed by atoms with Crippen molar-refractivity contribution in [3.05, 3.63) is 27.5 Å². The second-order valence-corrected chi connectivity index (χ2v) is 5.55. The first kappa shape index (κ1) is 13.0. The van der Waals surface area contributed by atoms with E-state index in [0.29, 0.717) is 10.2 Å². The molecule has 1 N–H and O–H groups in total. The quantitative estimate of drug-likeness (QED) is 0.942. The van der Waals surface area contributed by atoms with Crippen molar-refractivity contribution in [2.45, 2.75) is 27.3 Å². The number of carbonyl (C=O) groups is 1. The third kappa shape index (κ3) is 2.70. The predicted octanol–water partition coefficient (Wildman–Crippen LogP) is 2.56. The first-order chi connectivity index (χ1) is 8.47. The molecule has 1 amide bonds. The normalized spacial score (nSPS) is 10.7. The van der Waals surface area contributed by atoms with E-state index in [2.05, 4.69) is 15.4 Å². The number of amides is 1. The van der Waals surface area contributed by atoms with Crippen LogP contribution in [-0.4, -0.2) is 20.7 Å². The first-order valence-electron chi connectivity index (χ1n) is 5.39. The SMILES string of the molecule is Cc1nc(NC(=O)Cn2ncc(Cl)c2C)sc1C. The maximum Gasteiger partial charge on any atom is 0.247 e. The van der Waals surface area contributed by atoms with E-state index in [-0.39, 0.29) is 12.5 Å². The van der Waals surface area contributed by atoms with Crippen LogP contribution in [0.25, 0.3) is 0 Å². The lowest BCUT2D eigenvalue weighted by atomic mass is 10.4. The maximum atomic E-state index is 11.8. The molecule has 2 heterocycles. The number of nitrogens with zero attached hydrogens (tertiary/aromatic N) is 3. The van der Waals surface area contributed by atoms with Gasteiger partial charge in [-0.05, 0) is 20.8 Å². The lowest BCUT2D eigenvalue weighted by molar-refractivity contribution is -0.116. The first-order valence-corrected chi connectivity index (χ1v) is 6.58. The number of carbonyl (C=O) groups excluding carboxylic acids is 1. The molecule has 18 heavy (non-hydrogen) atoms. The molecule has 5 nitrogen and oxygen atoms in total. The summed E-state index contributed by atoms with van der Waals surface area (Å²) in [4.78, 5) is 17.2. The average Bonchev–Trinajstić information content (AvgIpc) is 2.76. The van der Waals surface area contributed by atoms with Crippen LogP contribution >= 0.6 is 22.9 Å². The van der Waals surface area contributed by atoms with Crippen LogP contribution in [0.5, 0.6) is 0 Å². The predicted molar refractivity (Wildman–Crippen MR) is 72.2 cm³/mol. The third-order valence-corrected chi connectivity index (χ3v) is 3.97. The Morgan fingerprint density at radius 2 is 2.22 bits per heavy atom. The summed E-state index contributed by atoms with van der Waals surface area (Å²) in [5.74, 6) is -0.161. The Morgan fingerprint density at radius 1 is 1.50 bits per heavy atom. The van der Waals surface area contributed by atoms with Gasteiger partial charge in [0, 0.05) is 4.88 Å². The molecule has 0 unspecified atom stereocenters. The molecule has 0 bridgehead atoms. The molecule has 0 spiro atoms. The van der Waals surface area contributed by atoms with Crippen LogP contribution in [0.3, 0.4) is 0 Å². The number of halogens is 1. The highest BCUT2D eigenvalue weighted by atomic mass is 35.5. The van der Waals surface area contributed by atoms with E-state index in [1.807, 2.05) is 20.8 Å². The van der Waals surface area contributed by atoms with Crippen molar-refractivity contribution in [2.75, 3.05) is 5.32 Å². The summed E-state index contributed by atoms with van der Waals surface area (Å²) in [6.07, 6.45) is 1.53. The fourth-order valence-corrected chi connectivity index (χ4v) is 2.38. The van der Waals surface area contributed by atoms with Crippen molar-refractivity contribution in [3.8, 4) is 0 Å². The molecule has 0 fully saturated rings. The van der Waals surface area contributed by atoms with Crippen molar-refractivity contribution in [1.82, 2.24) is 14.8 Å². The second-order valence-electron chi connectivity index (χ2n) is 3.94. The van der Waals surface area contributed by atoms with Crippen LogP contribution in [0, 0.1) is 20.8 Å². The largest absolute Gasteiger partial charge is 0.300 e. The standard InChI is InChI=1S/C11H13ClN4OS/c1-6-8(3)18-11(14-6)15-10(17)5-16-7(2)9(12)4-13-16/h4H,5H2,1-3H3,(H,14,15,17). The maximum absolute atomic E-state index is 11.8. The molecular weight excluding hydrogens is 272 g/mol. The van der Waals surface area contributed by atoms with Gasteiger partial charge in [0.15, 0.2) is 5.13 Å². The number of rotatable bonds is 3. The van der Waals surface area contributed by atoms with Gasteiger partial charge in [0.25, 0.3) is 0 Å². The van der Waals surface area contributed by atoms with Gasteiger partial charge >= 0.3 is 0 Å². The van der Waals surface area contributed by atoms with Crippen molar-refractivity contribution in [2.24, 2.45) is 0 Å². The van der Waals surface area contributed by atoms with Crippen molar-refractivity contribution >= 4 is 34.0 Å². The van der Waals surface area contributed by atoms with Gasteiger partial charge in [0.2, 0.25) is 5.91 Å². The Balaban J connectivity index is 2.03. The van der Waals surface area contributed by atoms with E-state index in [9.17, 15) is 4.79 Å². The number of hydrogen-bond donors (Lipinski definition) is 1. The van der Waals surface area contributed by atoms with Gasteiger partial charge in [-0.15, -0.1) is 11.3 Å². The Morgan fingerprint density at radius 3 is 2.72 bits per heavy atom. The molecule has 0 aromatic carbocycles. The number of anilines is 1. The Hall–Kier alpha value is -1.40. The smallest absolute Gasteiger partial charge is 0.247 e. The zero-order chi connectivity index (χ0) is 13.3. The molecule has 0 aliphatic rings. The molecule has 0 saturated heterocycles. The molecular formula is C11H13ClN4OS. The molecule has 7 heteroatoms. The number of thiazole rings is 1. The molecule has 2 aromatic heterocycles. The van der Waals surface area contributed by atoms with Crippen LogP contribution in [0.15, 0.2) is 6.20 Å². The van der Waals surface area contributed by atoms with Gasteiger partial charge < -0.3 is 5.32 Å². The summed E-state index contributed by atoms with van der Waals surface area (Å²) < 4.78 is 1.56. The summed E-state index contributed by atoms with van der Waals surface area (Å²) in [6.45, 7) is 5.84. The van der Waals surface area contributed by atoms with E-state index < -0.39 is 0 Å². The van der Waals surface area contributed by atoms with Gasteiger partial charge in [0.1, 0.15) is 6.54 Å². The third-order valence-electron chi connectivity index (χ3n) is 2.61. The number of nitrogens with one attached hydrogen (secondary N) is 1. The number of aromatic nitrogens is 3. The van der Waals surface area contributed by atoms with Crippen LogP contribution in [0.2, 0.25) is 5.02 Å². The minimum atomic E-state index is -0.161. The average molecular weight is 285 g/mol. The molecule has 0 atom stereocenters. The van der Waals surface area contributed by atoms with Gasteiger partial charge in [0.05, 0.1) is 22.6 Å². The molecule has 0 aliphatic carbocycles. The second kappa shape index (κ2) is 5.07. The minimum Gasteiger partial charge on any atom is -0.300 e. The molecule has 0 saturated carbocycles. The zero-order valence-corrected chi connectivity index (χ0v) is 11.9. The van der Waals surface area contributed by atoms with Gasteiger partial charge in [-0.3, -0.25) is 9.48 Å². The minimum absolute atomic E-state index is 0.135. The van der Waals surface area contributed by atoms with Crippen LogP contribution in [0.4, 0.5) is 5.13 Å². The summed E-state index contributed by atoms with van der Waals surface area (Å²) in [7, 11) is 0. The van der Waals surface area contributed by atoms with Crippen LogP contribution in [0.1, 0.15) is 16.3 Å². The molecule has 96 valence electrons. The lowest BCUT2D eigenvalue weighted by Gasteiger charge is -2.04. The zero-order valence-electron chi connectivity index (χ0n) is 10.3. The van der Waals surface area contributed by atoms with E-state index in [4.69, 9.17) is 11.6 Å². The van der Waals surface area contributed by atoms with E-state index >= 15 is 0 Å². The molecule has 2 rings (SSSR count). The monoisotopic (exact) mass is 284 g/mol. The van der Waals surface area contributed by atoms with E-state index in [1.54, 1.807) is 4.68 Å². The Kier molecular flexibility index (Phi) is 3.68. The van der Waals surface area contributed by atoms with Crippen LogP contribution < -0.4 is 5.32 Å². The highest BCUT2D eigenvalue weighted by Gasteiger charge is 2.11. The van der Waals surface area contributed by atoms with Crippen molar-refractivity contribution < 1.29 is 4.79 Å². The fourth-order valence-electron chi connectivity index (χ4n) is 1.40. The van der Waals surface area contributed by atoms with E-state index in [0.717, 1.165) is 16.3 Å². The summed E-state index contributed by atoms with van der Waals surface area (Å²) >= 11 is 7.34. The Bertz CT molecular complexity index is 570. The van der Waals surface area contributed by atoms with Crippen molar-refractivity contribution in [1.29, 1.82) is 0 Å². The summed E-state index contributed by atoms with van der Waals surface area (Å²) in [5.41, 5.74) is 1.71. The summed E-state index contributed by atoms with van der Waals surface area (Å²) in [6, 6.07) is 0. The number of aryl methyl sites for hydroxylation is 2. The van der Waals surface area contributed by atoms with Gasteiger partial charge in [-0.25, -0.2) is 4.98 Å². The van der Waals surface area contributed by atoms with E-state index in [1.165, 1.54) is 17.5 Å². The molecule has 0 aliphatic heterocycles. The molecule has 2 aromatic rings. The topological polar surface area (TPSA) is 59.8 Å². The van der Waals surface area contributed by atoms with Crippen LogP contribution in [-0.2, 0) is 11.3 Å². The number of hydrogen-bond acceptors (Lipinski definition) is 4. The van der Waals surface area contributed by atoms with Gasteiger partial charge in [-0.2, -0.15) is 5.10 Å². The van der Waals surface area contributed by atoms with Gasteiger partial charge in [-0.1, -0.05) is 11.6 Å². The highest BCUT2D eigenvalue weighted by molar-refractivity contribution is 7.15. The lowest BCUT2D eigenvalue weighted by Crippen LogP contribution is -2.20. The highest BCUT2D eigenvalue weighted by Crippen LogP contribution is 2.21.